The second kappa shape index (κ2) is 12.1. The van der Waals surface area contributed by atoms with Crippen LogP contribution in [0.2, 0.25) is 5.02 Å². The highest BCUT2D eigenvalue weighted by atomic mass is 35.5. The lowest BCUT2D eigenvalue weighted by atomic mass is 10.0. The first-order chi connectivity index (χ1) is 17.1. The number of rotatable bonds is 10. The number of anilines is 1. The fourth-order valence-electron chi connectivity index (χ4n) is 3.97. The van der Waals surface area contributed by atoms with Crippen molar-refractivity contribution in [3.05, 3.63) is 101 Å². The average molecular weight is 528 g/mol. The molecule has 0 aliphatic carbocycles. The van der Waals surface area contributed by atoms with Crippen LogP contribution in [0.1, 0.15) is 16.7 Å². The van der Waals surface area contributed by atoms with Crippen LogP contribution in [-0.4, -0.2) is 51.0 Å². The van der Waals surface area contributed by atoms with Gasteiger partial charge in [0.1, 0.15) is 12.6 Å². The van der Waals surface area contributed by atoms with Gasteiger partial charge in [0.05, 0.1) is 11.9 Å². The van der Waals surface area contributed by atoms with E-state index >= 15 is 0 Å². The number of carbonyl (C=O) groups is 2. The molecule has 0 heterocycles. The van der Waals surface area contributed by atoms with Crippen molar-refractivity contribution in [2.75, 3.05) is 24.2 Å². The molecule has 9 heteroatoms. The van der Waals surface area contributed by atoms with Gasteiger partial charge < -0.3 is 10.2 Å². The zero-order valence-electron chi connectivity index (χ0n) is 20.5. The van der Waals surface area contributed by atoms with Crippen molar-refractivity contribution in [1.29, 1.82) is 0 Å². The molecule has 36 heavy (non-hydrogen) atoms. The molecule has 0 fully saturated rings. The van der Waals surface area contributed by atoms with Crippen LogP contribution in [0.15, 0.2) is 78.9 Å². The molecule has 3 rings (SSSR count). The molecule has 0 spiro atoms. The lowest BCUT2D eigenvalue weighted by Crippen LogP contribution is -2.52. The summed E-state index contributed by atoms with van der Waals surface area (Å²) in [5.41, 5.74) is 2.99. The summed E-state index contributed by atoms with van der Waals surface area (Å²) >= 11 is 6.09. The molecule has 0 saturated carbocycles. The van der Waals surface area contributed by atoms with Gasteiger partial charge in [-0.2, -0.15) is 0 Å². The van der Waals surface area contributed by atoms with Gasteiger partial charge in [0.2, 0.25) is 21.8 Å². The number of likely N-dealkylation sites (N-methyl/N-ethyl adjacent to an activating group) is 1. The van der Waals surface area contributed by atoms with Crippen LogP contribution in [0.4, 0.5) is 5.69 Å². The predicted octanol–water partition coefficient (Wildman–Crippen LogP) is 3.80. The van der Waals surface area contributed by atoms with Gasteiger partial charge in [-0.3, -0.25) is 13.9 Å². The summed E-state index contributed by atoms with van der Waals surface area (Å²) in [5.74, 6) is -0.847. The summed E-state index contributed by atoms with van der Waals surface area (Å²) in [6.07, 6.45) is 1.31. The number of nitrogens with one attached hydrogen (secondary N) is 1. The monoisotopic (exact) mass is 527 g/mol. The summed E-state index contributed by atoms with van der Waals surface area (Å²) in [5, 5.41) is 3.00. The van der Waals surface area contributed by atoms with Crippen molar-refractivity contribution in [2.45, 2.75) is 25.9 Å². The maximum atomic E-state index is 13.8. The Labute approximate surface area is 217 Å². The zero-order valence-corrected chi connectivity index (χ0v) is 22.1. The number of amides is 2. The number of aryl methyl sites for hydroxylation is 1. The second-order valence-corrected chi connectivity index (χ2v) is 10.9. The Morgan fingerprint density at radius 1 is 0.944 bits per heavy atom. The summed E-state index contributed by atoms with van der Waals surface area (Å²) in [7, 11) is -2.31. The van der Waals surface area contributed by atoms with Crippen LogP contribution < -0.4 is 9.62 Å². The fourth-order valence-corrected chi connectivity index (χ4v) is 5.00. The molecule has 0 aliphatic heterocycles. The molecule has 3 aromatic rings. The molecule has 0 unspecified atom stereocenters. The molecule has 0 radical (unpaired) electrons. The first kappa shape index (κ1) is 27.2. The third kappa shape index (κ3) is 7.32. The highest BCUT2D eigenvalue weighted by Crippen LogP contribution is 2.23. The molecule has 0 aliphatic rings. The Morgan fingerprint density at radius 2 is 1.61 bits per heavy atom. The standard InChI is InChI=1S/C27H30ClN3O4S/c1-20-9-7-12-22(15-20)18-30(25(27(33)29-2)16-21-10-5-4-6-11-21)26(32)19-31(36(3,34)35)24-14-8-13-23(28)17-24/h4-15,17,25H,16,18-19H2,1-3H3,(H,29,33)/t25-/m1/s1. The van der Waals surface area contributed by atoms with E-state index in [4.69, 9.17) is 11.6 Å². The van der Waals surface area contributed by atoms with Gasteiger partial charge >= 0.3 is 0 Å². The lowest BCUT2D eigenvalue weighted by Gasteiger charge is -2.33. The van der Waals surface area contributed by atoms with Crippen molar-refractivity contribution >= 4 is 39.1 Å². The first-order valence-electron chi connectivity index (χ1n) is 11.4. The maximum absolute atomic E-state index is 13.8. The van der Waals surface area contributed by atoms with E-state index in [1.165, 1.54) is 18.0 Å². The minimum atomic E-state index is -3.83. The van der Waals surface area contributed by atoms with Gasteiger partial charge in [0, 0.05) is 25.0 Å². The van der Waals surface area contributed by atoms with Crippen LogP contribution >= 0.6 is 11.6 Å². The van der Waals surface area contributed by atoms with Crippen molar-refractivity contribution < 1.29 is 18.0 Å². The number of benzene rings is 3. The number of sulfonamides is 1. The number of carbonyl (C=O) groups excluding carboxylic acids is 2. The Hall–Kier alpha value is -3.36. The summed E-state index contributed by atoms with van der Waals surface area (Å²) in [6.45, 7) is 1.60. The van der Waals surface area contributed by atoms with Crippen LogP contribution in [0.25, 0.3) is 0 Å². The van der Waals surface area contributed by atoms with Crippen LogP contribution in [0.5, 0.6) is 0 Å². The van der Waals surface area contributed by atoms with Gasteiger partial charge in [-0.15, -0.1) is 0 Å². The summed E-state index contributed by atoms with van der Waals surface area (Å²) in [6, 6.07) is 22.5. The van der Waals surface area contributed by atoms with E-state index in [9.17, 15) is 18.0 Å². The minimum Gasteiger partial charge on any atom is -0.357 e. The van der Waals surface area contributed by atoms with Crippen molar-refractivity contribution in [3.63, 3.8) is 0 Å². The number of halogens is 1. The molecule has 7 nitrogen and oxygen atoms in total. The van der Waals surface area contributed by atoms with E-state index in [1.807, 2.05) is 61.5 Å². The summed E-state index contributed by atoms with van der Waals surface area (Å²) < 4.78 is 26.4. The smallest absolute Gasteiger partial charge is 0.244 e. The molecule has 1 N–H and O–H groups in total. The van der Waals surface area contributed by atoms with E-state index in [1.54, 1.807) is 18.2 Å². The highest BCUT2D eigenvalue weighted by Gasteiger charge is 2.32. The van der Waals surface area contributed by atoms with Crippen LogP contribution in [0, 0.1) is 6.92 Å². The Balaban J connectivity index is 2.03. The average Bonchev–Trinajstić information content (AvgIpc) is 2.84. The van der Waals surface area contributed by atoms with E-state index in [-0.39, 0.29) is 24.6 Å². The number of hydrogen-bond donors (Lipinski definition) is 1. The third-order valence-corrected chi connectivity index (χ3v) is 7.10. The molecule has 3 aromatic carbocycles. The second-order valence-electron chi connectivity index (χ2n) is 8.58. The van der Waals surface area contributed by atoms with Crippen molar-refractivity contribution in [1.82, 2.24) is 10.2 Å². The fraction of sp³-hybridized carbons (Fsp3) is 0.259. The predicted molar refractivity (Wildman–Crippen MR) is 143 cm³/mol. The Morgan fingerprint density at radius 3 is 2.22 bits per heavy atom. The quantitative estimate of drug-likeness (QED) is 0.434. The van der Waals surface area contributed by atoms with E-state index in [0.717, 1.165) is 27.3 Å². The van der Waals surface area contributed by atoms with Crippen LogP contribution in [0.3, 0.4) is 0 Å². The molecular formula is C27H30ClN3O4S. The topological polar surface area (TPSA) is 86.8 Å². The molecule has 190 valence electrons. The van der Waals surface area contributed by atoms with Gasteiger partial charge in [0.15, 0.2) is 0 Å². The lowest BCUT2D eigenvalue weighted by molar-refractivity contribution is -0.139. The molecule has 0 bridgehead atoms. The normalized spacial score (nSPS) is 12.0. The van der Waals surface area contributed by atoms with E-state index in [2.05, 4.69) is 5.32 Å². The molecule has 0 aromatic heterocycles. The summed E-state index contributed by atoms with van der Waals surface area (Å²) in [4.78, 5) is 28.3. The van der Waals surface area contributed by atoms with Gasteiger partial charge in [-0.25, -0.2) is 8.42 Å². The SMILES string of the molecule is CNC(=O)[C@@H](Cc1ccccc1)N(Cc1cccc(C)c1)C(=O)CN(c1cccc(Cl)c1)S(C)(=O)=O. The highest BCUT2D eigenvalue weighted by molar-refractivity contribution is 7.92. The molecule has 0 saturated heterocycles. The molecule has 1 atom stereocenters. The third-order valence-electron chi connectivity index (χ3n) is 5.73. The molecular weight excluding hydrogens is 498 g/mol. The Kier molecular flexibility index (Phi) is 9.12. The first-order valence-corrected chi connectivity index (χ1v) is 13.6. The Bertz CT molecular complexity index is 1320. The maximum Gasteiger partial charge on any atom is 0.244 e. The van der Waals surface area contributed by atoms with Crippen LogP contribution in [-0.2, 0) is 32.6 Å². The van der Waals surface area contributed by atoms with Gasteiger partial charge in [-0.05, 0) is 36.2 Å². The zero-order chi connectivity index (χ0) is 26.3. The van der Waals surface area contributed by atoms with Crippen molar-refractivity contribution in [2.24, 2.45) is 0 Å². The largest absolute Gasteiger partial charge is 0.357 e. The van der Waals surface area contributed by atoms with Gasteiger partial charge in [-0.1, -0.05) is 77.8 Å². The van der Waals surface area contributed by atoms with Crippen molar-refractivity contribution in [3.8, 4) is 0 Å². The minimum absolute atomic E-state index is 0.137. The van der Waals surface area contributed by atoms with E-state index in [0.29, 0.717) is 5.02 Å². The number of nitrogens with zero attached hydrogens (tertiary/aromatic N) is 2. The van der Waals surface area contributed by atoms with Gasteiger partial charge in [0.25, 0.3) is 0 Å². The van der Waals surface area contributed by atoms with E-state index < -0.39 is 28.5 Å². The molecule has 2 amide bonds. The number of hydrogen-bond acceptors (Lipinski definition) is 4.